The third-order valence-corrected chi connectivity index (χ3v) is 6.43. The molecule has 1 aliphatic rings. The summed E-state index contributed by atoms with van der Waals surface area (Å²) in [5, 5.41) is 0. The van der Waals surface area contributed by atoms with Crippen molar-refractivity contribution in [2.24, 2.45) is 0 Å². The average molecular weight is 414 g/mol. The van der Waals surface area contributed by atoms with Gasteiger partial charge in [-0.2, -0.15) is 4.31 Å². The summed E-state index contributed by atoms with van der Waals surface area (Å²) >= 11 is 0. The van der Waals surface area contributed by atoms with Crippen molar-refractivity contribution in [2.45, 2.75) is 4.90 Å². The lowest BCUT2D eigenvalue weighted by Gasteiger charge is -2.33. The number of benzene rings is 2. The Labute approximate surface area is 170 Å². The van der Waals surface area contributed by atoms with Gasteiger partial charge >= 0.3 is 5.97 Å². The Balaban J connectivity index is 1.46. The largest absolute Gasteiger partial charge is 0.452 e. The molecule has 0 atom stereocenters. The van der Waals surface area contributed by atoms with Gasteiger partial charge in [0.1, 0.15) is 0 Å². The van der Waals surface area contributed by atoms with Crippen molar-refractivity contribution in [2.75, 3.05) is 32.8 Å². The maximum absolute atomic E-state index is 12.6. The van der Waals surface area contributed by atoms with Crippen LogP contribution in [-0.4, -0.2) is 62.3 Å². The van der Waals surface area contributed by atoms with E-state index in [4.69, 9.17) is 4.74 Å². The lowest BCUT2D eigenvalue weighted by Crippen LogP contribution is -2.51. The summed E-state index contributed by atoms with van der Waals surface area (Å²) in [4.78, 5) is 25.8. The van der Waals surface area contributed by atoms with Gasteiger partial charge in [0.05, 0.1) is 4.90 Å². The number of amides is 1. The molecule has 2 aromatic carbocycles. The summed E-state index contributed by atoms with van der Waals surface area (Å²) in [5.41, 5.74) is 0.853. The standard InChI is InChI=1S/C21H22N2O5S/c24-20(17-28-21(25)12-11-18-7-3-1-4-8-18)22-13-15-23(16-14-22)29(26,27)19-9-5-2-6-10-19/h1-12H,13-17H2/b12-11+. The zero-order valence-electron chi connectivity index (χ0n) is 15.8. The second-order valence-electron chi connectivity index (χ2n) is 6.45. The highest BCUT2D eigenvalue weighted by molar-refractivity contribution is 7.89. The van der Waals surface area contributed by atoms with Gasteiger partial charge < -0.3 is 9.64 Å². The maximum Gasteiger partial charge on any atom is 0.331 e. The van der Waals surface area contributed by atoms with Crippen LogP contribution in [0.4, 0.5) is 0 Å². The Hall–Kier alpha value is -2.97. The van der Waals surface area contributed by atoms with Crippen LogP contribution in [0.25, 0.3) is 6.08 Å². The van der Waals surface area contributed by atoms with Crippen molar-refractivity contribution in [1.82, 2.24) is 9.21 Å². The molecular weight excluding hydrogens is 392 g/mol. The van der Waals surface area contributed by atoms with Crippen LogP contribution in [-0.2, 0) is 24.3 Å². The third-order valence-electron chi connectivity index (χ3n) is 4.52. The SMILES string of the molecule is O=C(/C=C/c1ccccc1)OCC(=O)N1CCN(S(=O)(=O)c2ccccc2)CC1. The number of hydrogen-bond donors (Lipinski definition) is 0. The van der Waals surface area contributed by atoms with Crippen LogP contribution in [0.1, 0.15) is 5.56 Å². The predicted octanol–water partition coefficient (Wildman–Crippen LogP) is 1.78. The molecule has 1 aliphatic heterocycles. The minimum atomic E-state index is -3.57. The molecule has 0 bridgehead atoms. The second kappa shape index (κ2) is 9.49. The number of sulfonamides is 1. The van der Waals surface area contributed by atoms with Crippen LogP contribution in [0.5, 0.6) is 0 Å². The number of esters is 1. The van der Waals surface area contributed by atoms with Gasteiger partial charge in [-0.15, -0.1) is 0 Å². The van der Waals surface area contributed by atoms with Gasteiger partial charge in [-0.05, 0) is 23.8 Å². The lowest BCUT2D eigenvalue weighted by molar-refractivity contribution is -0.148. The van der Waals surface area contributed by atoms with E-state index in [1.807, 2.05) is 30.3 Å². The maximum atomic E-state index is 12.6. The van der Waals surface area contributed by atoms with E-state index >= 15 is 0 Å². The molecule has 1 fully saturated rings. The topological polar surface area (TPSA) is 84.0 Å². The quantitative estimate of drug-likeness (QED) is 0.531. The monoisotopic (exact) mass is 414 g/mol. The smallest absolute Gasteiger partial charge is 0.331 e. The van der Waals surface area contributed by atoms with Gasteiger partial charge in [0.25, 0.3) is 5.91 Å². The first-order valence-electron chi connectivity index (χ1n) is 9.20. The zero-order chi connectivity index (χ0) is 20.7. The van der Waals surface area contributed by atoms with E-state index in [-0.39, 0.29) is 43.6 Å². The Bertz CT molecular complexity index is 967. The zero-order valence-corrected chi connectivity index (χ0v) is 16.6. The fourth-order valence-corrected chi connectivity index (χ4v) is 4.36. The van der Waals surface area contributed by atoms with Gasteiger partial charge in [-0.25, -0.2) is 13.2 Å². The molecule has 1 saturated heterocycles. The molecule has 152 valence electrons. The molecule has 0 saturated carbocycles. The summed E-state index contributed by atoms with van der Waals surface area (Å²) in [6.07, 6.45) is 2.88. The molecule has 0 aromatic heterocycles. The molecular formula is C21H22N2O5S. The lowest BCUT2D eigenvalue weighted by atomic mass is 10.2. The third kappa shape index (κ3) is 5.52. The predicted molar refractivity (Wildman–Crippen MR) is 108 cm³/mol. The molecule has 3 rings (SSSR count). The molecule has 1 heterocycles. The molecule has 7 nitrogen and oxygen atoms in total. The highest BCUT2D eigenvalue weighted by Gasteiger charge is 2.30. The first-order valence-corrected chi connectivity index (χ1v) is 10.6. The Kier molecular flexibility index (Phi) is 6.79. The Morgan fingerprint density at radius 1 is 0.897 bits per heavy atom. The van der Waals surface area contributed by atoms with Crippen molar-refractivity contribution in [3.8, 4) is 0 Å². The molecule has 0 aliphatic carbocycles. The van der Waals surface area contributed by atoms with Crippen LogP contribution in [0.15, 0.2) is 71.6 Å². The van der Waals surface area contributed by atoms with E-state index in [0.717, 1.165) is 5.56 Å². The molecule has 1 amide bonds. The number of ether oxygens (including phenoxy) is 1. The molecule has 8 heteroatoms. The summed E-state index contributed by atoms with van der Waals surface area (Å²) in [6.45, 7) is 0.531. The minimum Gasteiger partial charge on any atom is -0.452 e. The summed E-state index contributed by atoms with van der Waals surface area (Å²) < 4.78 is 31.6. The van der Waals surface area contributed by atoms with Crippen LogP contribution in [0.2, 0.25) is 0 Å². The van der Waals surface area contributed by atoms with Crippen molar-refractivity contribution in [3.63, 3.8) is 0 Å². The van der Waals surface area contributed by atoms with Gasteiger partial charge in [-0.3, -0.25) is 4.79 Å². The van der Waals surface area contributed by atoms with Gasteiger partial charge in [0.15, 0.2) is 6.61 Å². The van der Waals surface area contributed by atoms with Crippen molar-refractivity contribution in [3.05, 3.63) is 72.3 Å². The van der Waals surface area contributed by atoms with Gasteiger partial charge in [0.2, 0.25) is 10.0 Å². The molecule has 2 aromatic rings. The van der Waals surface area contributed by atoms with E-state index in [2.05, 4.69) is 0 Å². The number of carbonyl (C=O) groups is 2. The first-order chi connectivity index (χ1) is 14.0. The molecule has 0 unspecified atom stereocenters. The van der Waals surface area contributed by atoms with Gasteiger partial charge in [-0.1, -0.05) is 48.5 Å². The highest BCUT2D eigenvalue weighted by Crippen LogP contribution is 2.17. The van der Waals surface area contributed by atoms with Crippen LogP contribution in [0, 0.1) is 0 Å². The van der Waals surface area contributed by atoms with E-state index in [9.17, 15) is 18.0 Å². The highest BCUT2D eigenvalue weighted by atomic mass is 32.2. The fraction of sp³-hybridized carbons (Fsp3) is 0.238. The summed E-state index contributed by atoms with van der Waals surface area (Å²) in [5.74, 6) is -0.948. The number of rotatable bonds is 6. The Morgan fingerprint density at radius 3 is 2.10 bits per heavy atom. The fourth-order valence-electron chi connectivity index (χ4n) is 2.92. The van der Waals surface area contributed by atoms with Crippen LogP contribution < -0.4 is 0 Å². The van der Waals surface area contributed by atoms with Gasteiger partial charge in [0, 0.05) is 32.3 Å². The number of nitrogens with zero attached hydrogens (tertiary/aromatic N) is 2. The number of carbonyl (C=O) groups excluding carboxylic acids is 2. The van der Waals surface area contributed by atoms with E-state index in [1.54, 1.807) is 36.4 Å². The molecule has 0 spiro atoms. The van der Waals surface area contributed by atoms with E-state index in [1.165, 1.54) is 15.3 Å². The minimum absolute atomic E-state index is 0.199. The van der Waals surface area contributed by atoms with Crippen molar-refractivity contribution < 1.29 is 22.7 Å². The Morgan fingerprint density at radius 2 is 1.48 bits per heavy atom. The molecule has 0 N–H and O–H groups in total. The molecule has 0 radical (unpaired) electrons. The molecule has 29 heavy (non-hydrogen) atoms. The number of hydrogen-bond acceptors (Lipinski definition) is 5. The average Bonchev–Trinajstić information content (AvgIpc) is 2.77. The first kappa shape index (κ1) is 20.8. The van der Waals surface area contributed by atoms with Crippen LogP contribution in [0.3, 0.4) is 0 Å². The van der Waals surface area contributed by atoms with Crippen molar-refractivity contribution in [1.29, 1.82) is 0 Å². The van der Waals surface area contributed by atoms with Crippen molar-refractivity contribution >= 4 is 28.0 Å². The van der Waals surface area contributed by atoms with Crippen LogP contribution >= 0.6 is 0 Å². The second-order valence-corrected chi connectivity index (χ2v) is 8.39. The van der Waals surface area contributed by atoms with E-state index < -0.39 is 16.0 Å². The normalized spacial score (nSPS) is 15.4. The summed E-state index contributed by atoms with van der Waals surface area (Å²) in [7, 11) is -3.57. The number of piperazine rings is 1. The van der Waals surface area contributed by atoms with E-state index in [0.29, 0.717) is 0 Å². The summed E-state index contributed by atoms with van der Waals surface area (Å²) in [6, 6.07) is 17.5.